The van der Waals surface area contributed by atoms with E-state index in [1.807, 2.05) is 0 Å². The molecular weight excluding hydrogens is 402 g/mol. The molecule has 0 saturated carbocycles. The Morgan fingerprint density at radius 2 is 1.96 bits per heavy atom. The minimum absolute atomic E-state index is 0.271. The Bertz CT molecular complexity index is 988. The molecule has 28 heavy (non-hydrogen) atoms. The Morgan fingerprint density at radius 3 is 2.64 bits per heavy atom. The van der Waals surface area contributed by atoms with Crippen molar-refractivity contribution in [2.24, 2.45) is 0 Å². The van der Waals surface area contributed by atoms with E-state index < -0.39 is 17.1 Å². The second kappa shape index (κ2) is 8.50. The summed E-state index contributed by atoms with van der Waals surface area (Å²) in [6.07, 6.45) is 1.59. The molecule has 6 nitrogen and oxygen atoms in total. The second-order valence-electron chi connectivity index (χ2n) is 5.73. The first-order chi connectivity index (χ1) is 13.4. The van der Waals surface area contributed by atoms with Crippen molar-refractivity contribution >= 4 is 52.2 Å². The van der Waals surface area contributed by atoms with E-state index in [4.69, 9.17) is 21.1 Å². The molecular formula is C20H16ClNO5S. The first-order valence-electron chi connectivity index (χ1n) is 8.38. The van der Waals surface area contributed by atoms with Gasteiger partial charge in [-0.15, -0.1) is 0 Å². The summed E-state index contributed by atoms with van der Waals surface area (Å²) in [7, 11) is 0. The fraction of sp³-hybridized carbons (Fsp3) is 0.150. The molecule has 3 rings (SSSR count). The standard InChI is InChI=1S/C20H16ClNO5S/c1-3-26-17-9-13(7-8-16(17)27-12(2)23)10-18-19(24)22(20(25)28-18)15-6-4-5-14(21)11-15/h4-11H,3H2,1-2H3. The van der Waals surface area contributed by atoms with Gasteiger partial charge in [0.1, 0.15) is 0 Å². The van der Waals surface area contributed by atoms with E-state index in [1.54, 1.807) is 55.5 Å². The van der Waals surface area contributed by atoms with Crippen molar-refractivity contribution in [2.45, 2.75) is 13.8 Å². The van der Waals surface area contributed by atoms with Gasteiger partial charge in [0.05, 0.1) is 17.2 Å². The monoisotopic (exact) mass is 417 g/mol. The molecule has 1 saturated heterocycles. The van der Waals surface area contributed by atoms with Gasteiger partial charge in [0.2, 0.25) is 0 Å². The first kappa shape index (κ1) is 20.0. The fourth-order valence-electron chi connectivity index (χ4n) is 2.58. The summed E-state index contributed by atoms with van der Waals surface area (Å²) in [5.41, 5.74) is 1.05. The summed E-state index contributed by atoms with van der Waals surface area (Å²) in [5, 5.41) is 0.0306. The number of rotatable bonds is 5. The molecule has 0 atom stereocenters. The van der Waals surface area contributed by atoms with Crippen LogP contribution < -0.4 is 14.4 Å². The lowest BCUT2D eigenvalue weighted by Gasteiger charge is -2.12. The minimum atomic E-state index is -0.462. The number of thioether (sulfide) groups is 1. The van der Waals surface area contributed by atoms with Crippen molar-refractivity contribution in [1.82, 2.24) is 0 Å². The number of hydrogen-bond donors (Lipinski definition) is 0. The molecule has 0 aromatic heterocycles. The second-order valence-corrected chi connectivity index (χ2v) is 7.16. The molecule has 0 aliphatic carbocycles. The molecule has 2 aromatic rings. The maximum atomic E-state index is 12.7. The first-order valence-corrected chi connectivity index (χ1v) is 9.57. The van der Waals surface area contributed by atoms with Crippen LogP contribution in [0.1, 0.15) is 19.4 Å². The van der Waals surface area contributed by atoms with E-state index in [9.17, 15) is 14.4 Å². The van der Waals surface area contributed by atoms with Crippen molar-refractivity contribution < 1.29 is 23.9 Å². The molecule has 2 amide bonds. The maximum Gasteiger partial charge on any atom is 0.308 e. The molecule has 8 heteroatoms. The number of carbonyl (C=O) groups is 3. The van der Waals surface area contributed by atoms with Crippen LogP contribution in [0.2, 0.25) is 5.02 Å². The molecule has 144 valence electrons. The van der Waals surface area contributed by atoms with E-state index in [2.05, 4.69) is 0 Å². The third-order valence-corrected chi connectivity index (χ3v) is 4.78. The van der Waals surface area contributed by atoms with Gasteiger partial charge in [0.15, 0.2) is 11.5 Å². The molecule has 2 aromatic carbocycles. The summed E-state index contributed by atoms with van der Waals surface area (Å²) in [6, 6.07) is 11.4. The zero-order valence-corrected chi connectivity index (χ0v) is 16.7. The van der Waals surface area contributed by atoms with Gasteiger partial charge in [-0.1, -0.05) is 23.7 Å². The SMILES string of the molecule is CCOc1cc(C=C2SC(=O)N(c3cccc(Cl)c3)C2=O)ccc1OC(C)=O. The summed E-state index contributed by atoms with van der Waals surface area (Å²) in [5.74, 6) is -0.227. The molecule has 1 heterocycles. The topological polar surface area (TPSA) is 72.9 Å². The zero-order chi connectivity index (χ0) is 20.3. The van der Waals surface area contributed by atoms with E-state index in [-0.39, 0.29) is 4.91 Å². The van der Waals surface area contributed by atoms with Gasteiger partial charge in [0, 0.05) is 11.9 Å². The van der Waals surface area contributed by atoms with Crippen LogP contribution >= 0.6 is 23.4 Å². The average Bonchev–Trinajstić information content (AvgIpc) is 2.90. The maximum absolute atomic E-state index is 12.7. The molecule has 0 unspecified atom stereocenters. The average molecular weight is 418 g/mol. The number of carbonyl (C=O) groups excluding carboxylic acids is 3. The number of nitrogens with zero attached hydrogens (tertiary/aromatic N) is 1. The fourth-order valence-corrected chi connectivity index (χ4v) is 3.60. The summed E-state index contributed by atoms with van der Waals surface area (Å²) >= 11 is 6.80. The number of halogens is 1. The highest BCUT2D eigenvalue weighted by Crippen LogP contribution is 2.37. The Kier molecular flexibility index (Phi) is 6.06. The zero-order valence-electron chi connectivity index (χ0n) is 15.1. The summed E-state index contributed by atoms with van der Waals surface area (Å²) in [6.45, 7) is 3.49. The van der Waals surface area contributed by atoms with Gasteiger partial charge in [-0.05, 0) is 60.7 Å². The van der Waals surface area contributed by atoms with Gasteiger partial charge in [0.25, 0.3) is 11.1 Å². The third-order valence-electron chi connectivity index (χ3n) is 3.68. The lowest BCUT2D eigenvalue weighted by atomic mass is 10.1. The van der Waals surface area contributed by atoms with Gasteiger partial charge < -0.3 is 9.47 Å². The summed E-state index contributed by atoms with van der Waals surface area (Å²) in [4.78, 5) is 37.6. The van der Waals surface area contributed by atoms with Gasteiger partial charge in [-0.25, -0.2) is 4.90 Å². The quantitative estimate of drug-likeness (QED) is 0.391. The van der Waals surface area contributed by atoms with Crippen molar-refractivity contribution in [3.8, 4) is 11.5 Å². The molecule has 0 radical (unpaired) electrons. The lowest BCUT2D eigenvalue weighted by molar-refractivity contribution is -0.132. The normalized spacial score (nSPS) is 15.2. The molecule has 1 fully saturated rings. The Balaban J connectivity index is 1.91. The smallest absolute Gasteiger partial charge is 0.308 e. The van der Waals surface area contributed by atoms with Gasteiger partial charge in [-0.3, -0.25) is 14.4 Å². The minimum Gasteiger partial charge on any atom is -0.490 e. The van der Waals surface area contributed by atoms with Gasteiger partial charge >= 0.3 is 5.97 Å². The highest BCUT2D eigenvalue weighted by Gasteiger charge is 2.36. The third kappa shape index (κ3) is 4.37. The lowest BCUT2D eigenvalue weighted by Crippen LogP contribution is -2.27. The van der Waals surface area contributed by atoms with Crippen molar-refractivity contribution in [2.75, 3.05) is 11.5 Å². The number of imide groups is 1. The molecule has 1 aliphatic heterocycles. The van der Waals surface area contributed by atoms with Crippen LogP contribution in [0.25, 0.3) is 6.08 Å². The predicted molar refractivity (Wildman–Crippen MR) is 109 cm³/mol. The largest absolute Gasteiger partial charge is 0.490 e. The van der Waals surface area contributed by atoms with Crippen LogP contribution in [0.3, 0.4) is 0 Å². The van der Waals surface area contributed by atoms with Crippen molar-refractivity contribution in [3.63, 3.8) is 0 Å². The number of anilines is 1. The number of hydrogen-bond acceptors (Lipinski definition) is 6. The number of benzene rings is 2. The van der Waals surface area contributed by atoms with E-state index >= 15 is 0 Å². The number of ether oxygens (including phenoxy) is 2. The van der Waals surface area contributed by atoms with Crippen molar-refractivity contribution in [3.05, 3.63) is 58.0 Å². The van der Waals surface area contributed by atoms with E-state index in [1.165, 1.54) is 6.92 Å². The Morgan fingerprint density at radius 1 is 1.18 bits per heavy atom. The predicted octanol–water partition coefficient (Wildman–Crippen LogP) is 4.90. The van der Waals surface area contributed by atoms with Crippen LogP contribution in [0.15, 0.2) is 47.4 Å². The van der Waals surface area contributed by atoms with E-state index in [0.29, 0.717) is 34.4 Å². The van der Waals surface area contributed by atoms with Crippen LogP contribution in [-0.2, 0) is 9.59 Å². The Hall–Kier alpha value is -2.77. The van der Waals surface area contributed by atoms with Crippen LogP contribution in [0, 0.1) is 0 Å². The molecule has 0 N–H and O–H groups in total. The highest BCUT2D eigenvalue weighted by molar-refractivity contribution is 8.19. The van der Waals surface area contributed by atoms with Gasteiger partial charge in [-0.2, -0.15) is 0 Å². The van der Waals surface area contributed by atoms with Crippen LogP contribution in [0.4, 0.5) is 10.5 Å². The van der Waals surface area contributed by atoms with E-state index in [0.717, 1.165) is 16.7 Å². The molecule has 0 spiro atoms. The Labute approximate surface area is 171 Å². The summed E-state index contributed by atoms with van der Waals surface area (Å²) < 4.78 is 10.6. The number of amides is 2. The van der Waals surface area contributed by atoms with Crippen molar-refractivity contribution in [1.29, 1.82) is 0 Å². The van der Waals surface area contributed by atoms with Crippen LogP contribution in [-0.4, -0.2) is 23.7 Å². The van der Waals surface area contributed by atoms with Crippen LogP contribution in [0.5, 0.6) is 11.5 Å². The number of esters is 1. The molecule has 0 bridgehead atoms. The molecule has 1 aliphatic rings. The highest BCUT2D eigenvalue weighted by atomic mass is 35.5.